The highest BCUT2D eigenvalue weighted by atomic mass is 16.5. The maximum atomic E-state index is 12.3. The summed E-state index contributed by atoms with van der Waals surface area (Å²) in [5, 5.41) is 4.64. The maximum absolute atomic E-state index is 12.3. The number of hydrogen-bond donors (Lipinski definition) is 0. The van der Waals surface area contributed by atoms with Crippen LogP contribution >= 0.6 is 0 Å². The zero-order valence-electron chi connectivity index (χ0n) is 14.1. The fourth-order valence-electron chi connectivity index (χ4n) is 2.57. The van der Waals surface area contributed by atoms with Crippen LogP contribution in [0.2, 0.25) is 0 Å². The minimum absolute atomic E-state index is 0.0919. The molecule has 0 aliphatic carbocycles. The number of nitrogens with zero attached hydrogens (tertiary/aromatic N) is 2. The zero-order chi connectivity index (χ0) is 18.1. The molecule has 0 amide bonds. The molecule has 4 rings (SSSR count). The van der Waals surface area contributed by atoms with E-state index in [0.717, 1.165) is 11.3 Å². The van der Waals surface area contributed by atoms with Crippen molar-refractivity contribution in [2.45, 2.75) is 0 Å². The molecule has 130 valence electrons. The Kier molecular flexibility index (Phi) is 3.89. The van der Waals surface area contributed by atoms with Gasteiger partial charge in [-0.15, -0.1) is 0 Å². The molecule has 0 radical (unpaired) electrons. The van der Waals surface area contributed by atoms with Gasteiger partial charge in [-0.25, -0.2) is 4.79 Å². The van der Waals surface area contributed by atoms with Gasteiger partial charge in [-0.1, -0.05) is 5.16 Å². The predicted octanol–water partition coefficient (Wildman–Crippen LogP) is 3.53. The molecule has 0 bridgehead atoms. The van der Waals surface area contributed by atoms with Crippen molar-refractivity contribution in [3.8, 4) is 34.3 Å². The van der Waals surface area contributed by atoms with Crippen molar-refractivity contribution >= 4 is 11.0 Å². The molecule has 2 aromatic heterocycles. The average molecular weight is 350 g/mol. The minimum atomic E-state index is -0.549. The van der Waals surface area contributed by atoms with Crippen LogP contribution in [0.25, 0.3) is 33.8 Å². The van der Waals surface area contributed by atoms with E-state index in [1.165, 1.54) is 0 Å². The van der Waals surface area contributed by atoms with Crippen molar-refractivity contribution in [2.24, 2.45) is 0 Å². The van der Waals surface area contributed by atoms with Gasteiger partial charge in [-0.3, -0.25) is 0 Å². The van der Waals surface area contributed by atoms with Crippen LogP contribution in [0.15, 0.2) is 62.3 Å². The van der Waals surface area contributed by atoms with Crippen molar-refractivity contribution < 1.29 is 18.4 Å². The Balaban J connectivity index is 1.76. The van der Waals surface area contributed by atoms with E-state index in [-0.39, 0.29) is 11.5 Å². The lowest BCUT2D eigenvalue weighted by molar-refractivity contribution is 0.414. The Morgan fingerprint density at radius 3 is 2.38 bits per heavy atom. The summed E-state index contributed by atoms with van der Waals surface area (Å²) in [5.74, 6) is 1.84. The standard InChI is InChI=1S/C19H14N2O5/c1-23-13-5-3-11(4-6-13)17-20-18(26-21-17)15-10-12-9-14(24-2)7-8-16(12)25-19(15)22/h3-10H,1-2H3. The molecule has 4 aromatic rings. The van der Waals surface area contributed by atoms with Crippen molar-refractivity contribution in [3.05, 3.63) is 59.0 Å². The third kappa shape index (κ3) is 2.79. The molecule has 0 saturated carbocycles. The first-order chi connectivity index (χ1) is 12.7. The summed E-state index contributed by atoms with van der Waals surface area (Å²) in [4.78, 5) is 16.6. The number of ether oxygens (including phenoxy) is 2. The van der Waals surface area contributed by atoms with Gasteiger partial charge in [0.15, 0.2) is 0 Å². The van der Waals surface area contributed by atoms with E-state index in [0.29, 0.717) is 22.5 Å². The highest BCUT2D eigenvalue weighted by Gasteiger charge is 2.16. The zero-order valence-corrected chi connectivity index (χ0v) is 14.1. The topological polar surface area (TPSA) is 87.6 Å². The second-order valence-electron chi connectivity index (χ2n) is 5.50. The summed E-state index contributed by atoms with van der Waals surface area (Å²) in [7, 11) is 3.16. The van der Waals surface area contributed by atoms with Crippen LogP contribution in [0.3, 0.4) is 0 Å². The first-order valence-corrected chi connectivity index (χ1v) is 7.78. The van der Waals surface area contributed by atoms with Gasteiger partial charge >= 0.3 is 5.63 Å². The van der Waals surface area contributed by atoms with Crippen molar-refractivity contribution in [1.29, 1.82) is 0 Å². The van der Waals surface area contributed by atoms with Crippen LogP contribution in [0.4, 0.5) is 0 Å². The summed E-state index contributed by atoms with van der Waals surface area (Å²) < 4.78 is 20.9. The number of methoxy groups -OCH3 is 2. The van der Waals surface area contributed by atoms with Gasteiger partial charge in [0.25, 0.3) is 5.89 Å². The lowest BCUT2D eigenvalue weighted by Gasteiger charge is -2.02. The first kappa shape index (κ1) is 15.9. The molecule has 2 heterocycles. The normalized spacial score (nSPS) is 10.8. The number of benzene rings is 2. The van der Waals surface area contributed by atoms with E-state index >= 15 is 0 Å². The van der Waals surface area contributed by atoms with E-state index in [1.807, 2.05) is 0 Å². The maximum Gasteiger partial charge on any atom is 0.349 e. The van der Waals surface area contributed by atoms with Crippen LogP contribution in [0.5, 0.6) is 11.5 Å². The molecule has 0 unspecified atom stereocenters. The Labute approximate surface area is 147 Å². The Hall–Kier alpha value is -3.61. The monoisotopic (exact) mass is 350 g/mol. The third-order valence-corrected chi connectivity index (χ3v) is 3.94. The van der Waals surface area contributed by atoms with Crippen LogP contribution in [0, 0.1) is 0 Å². The lowest BCUT2D eigenvalue weighted by Crippen LogP contribution is -2.03. The molecule has 7 nitrogen and oxygen atoms in total. The average Bonchev–Trinajstić information content (AvgIpc) is 3.17. The van der Waals surface area contributed by atoms with Crippen molar-refractivity contribution in [1.82, 2.24) is 10.1 Å². The fraction of sp³-hybridized carbons (Fsp3) is 0.105. The van der Waals surface area contributed by atoms with Gasteiger partial charge in [0.05, 0.1) is 14.2 Å². The van der Waals surface area contributed by atoms with E-state index in [1.54, 1.807) is 62.8 Å². The van der Waals surface area contributed by atoms with E-state index in [2.05, 4.69) is 10.1 Å². The number of fused-ring (bicyclic) bond motifs is 1. The number of aromatic nitrogens is 2. The van der Waals surface area contributed by atoms with Crippen molar-refractivity contribution in [2.75, 3.05) is 14.2 Å². The lowest BCUT2D eigenvalue weighted by atomic mass is 10.1. The highest BCUT2D eigenvalue weighted by molar-refractivity contribution is 5.81. The summed E-state index contributed by atoms with van der Waals surface area (Å²) >= 11 is 0. The number of hydrogen-bond acceptors (Lipinski definition) is 7. The van der Waals surface area contributed by atoms with Gasteiger partial charge in [0, 0.05) is 10.9 Å². The molecule has 0 spiro atoms. The number of rotatable bonds is 4. The summed E-state index contributed by atoms with van der Waals surface area (Å²) in [6, 6.07) is 14.0. The first-order valence-electron chi connectivity index (χ1n) is 7.78. The van der Waals surface area contributed by atoms with Gasteiger partial charge in [-0.2, -0.15) is 4.98 Å². The van der Waals surface area contributed by atoms with Gasteiger partial charge in [0.2, 0.25) is 5.82 Å². The van der Waals surface area contributed by atoms with Gasteiger partial charge < -0.3 is 18.4 Å². The van der Waals surface area contributed by atoms with Crippen molar-refractivity contribution in [3.63, 3.8) is 0 Å². The van der Waals surface area contributed by atoms with E-state index in [9.17, 15) is 4.79 Å². The van der Waals surface area contributed by atoms with Crippen LogP contribution < -0.4 is 15.1 Å². The SMILES string of the molecule is COc1ccc(-c2noc(-c3cc4cc(OC)ccc4oc3=O)n2)cc1. The predicted molar refractivity (Wildman–Crippen MR) is 94.3 cm³/mol. The van der Waals surface area contributed by atoms with E-state index in [4.69, 9.17) is 18.4 Å². The Bertz CT molecular complexity index is 1130. The van der Waals surface area contributed by atoms with Crippen LogP contribution in [0.1, 0.15) is 0 Å². The molecule has 2 aromatic carbocycles. The smallest absolute Gasteiger partial charge is 0.349 e. The molecule has 0 aliphatic heterocycles. The third-order valence-electron chi connectivity index (χ3n) is 3.94. The molecule has 0 N–H and O–H groups in total. The molecule has 0 fully saturated rings. The summed E-state index contributed by atoms with van der Waals surface area (Å²) in [5.41, 5.74) is 0.840. The fourth-order valence-corrected chi connectivity index (χ4v) is 2.57. The quantitative estimate of drug-likeness (QED) is 0.520. The molecule has 26 heavy (non-hydrogen) atoms. The summed E-state index contributed by atoms with van der Waals surface area (Å²) in [6.07, 6.45) is 0. The molecule has 0 atom stereocenters. The van der Waals surface area contributed by atoms with Gasteiger partial charge in [-0.05, 0) is 48.5 Å². The largest absolute Gasteiger partial charge is 0.497 e. The second kappa shape index (κ2) is 6.36. The molecule has 7 heteroatoms. The molecule has 0 saturated heterocycles. The van der Waals surface area contributed by atoms with Crippen LogP contribution in [-0.2, 0) is 0 Å². The highest BCUT2D eigenvalue weighted by Crippen LogP contribution is 2.26. The van der Waals surface area contributed by atoms with Crippen LogP contribution in [-0.4, -0.2) is 24.4 Å². The Morgan fingerprint density at radius 1 is 0.923 bits per heavy atom. The molecule has 0 aliphatic rings. The second-order valence-corrected chi connectivity index (χ2v) is 5.50. The van der Waals surface area contributed by atoms with E-state index < -0.39 is 5.63 Å². The molecular formula is C19H14N2O5. The molecular weight excluding hydrogens is 336 g/mol. The summed E-state index contributed by atoms with van der Waals surface area (Å²) in [6.45, 7) is 0. The van der Waals surface area contributed by atoms with Gasteiger partial charge in [0.1, 0.15) is 22.6 Å². The minimum Gasteiger partial charge on any atom is -0.497 e. The Morgan fingerprint density at radius 2 is 1.65 bits per heavy atom.